The van der Waals surface area contributed by atoms with Gasteiger partial charge in [-0.3, -0.25) is 9.59 Å². The maximum Gasteiger partial charge on any atom is 0.281 e. The second-order valence-corrected chi connectivity index (χ2v) is 9.22. The normalized spacial score (nSPS) is 19.6. The lowest BCUT2D eigenvalue weighted by atomic mass is 9.96. The highest BCUT2D eigenvalue weighted by molar-refractivity contribution is 5.76. The second kappa shape index (κ2) is 9.22. The van der Waals surface area contributed by atoms with Crippen LogP contribution in [0.4, 0.5) is 0 Å². The second-order valence-electron chi connectivity index (χ2n) is 9.22. The fourth-order valence-electron chi connectivity index (χ4n) is 5.15. The summed E-state index contributed by atoms with van der Waals surface area (Å²) in [6.07, 6.45) is 8.62. The van der Waals surface area contributed by atoms with E-state index >= 15 is 0 Å². The molecule has 2 aromatic heterocycles. The number of piperidine rings is 1. The van der Waals surface area contributed by atoms with Crippen molar-refractivity contribution in [2.45, 2.75) is 63.8 Å². The zero-order chi connectivity index (χ0) is 21.9. The molecule has 1 amide bonds. The first kappa shape index (κ1) is 20.8. The van der Waals surface area contributed by atoms with Crippen LogP contribution in [-0.4, -0.2) is 48.9 Å². The van der Waals surface area contributed by atoms with Crippen molar-refractivity contribution in [3.63, 3.8) is 0 Å². The summed E-state index contributed by atoms with van der Waals surface area (Å²) in [4.78, 5) is 35.2. The van der Waals surface area contributed by atoms with Gasteiger partial charge in [0.15, 0.2) is 11.2 Å². The summed E-state index contributed by atoms with van der Waals surface area (Å²) < 4.78 is 1.68. The molecule has 0 bridgehead atoms. The van der Waals surface area contributed by atoms with E-state index in [4.69, 9.17) is 4.98 Å². The quantitative estimate of drug-likeness (QED) is 0.642. The molecule has 0 radical (unpaired) electrons. The summed E-state index contributed by atoms with van der Waals surface area (Å²) in [5.41, 5.74) is 1.55. The van der Waals surface area contributed by atoms with Crippen LogP contribution >= 0.6 is 0 Å². The number of carbonyl (C=O) groups excluding carboxylic acids is 1. The van der Waals surface area contributed by atoms with E-state index in [0.29, 0.717) is 31.0 Å². The number of nitrogens with zero attached hydrogens (tertiary/aromatic N) is 5. The van der Waals surface area contributed by atoms with Crippen LogP contribution in [0, 0.1) is 5.92 Å². The van der Waals surface area contributed by atoms with Gasteiger partial charge in [-0.25, -0.2) is 9.67 Å². The van der Waals surface area contributed by atoms with E-state index in [-0.39, 0.29) is 22.9 Å². The molecule has 0 spiro atoms. The highest BCUT2D eigenvalue weighted by Crippen LogP contribution is 2.30. The Bertz CT molecular complexity index is 1130. The summed E-state index contributed by atoms with van der Waals surface area (Å²) in [5, 5.41) is 8.21. The molecule has 1 atom stereocenters. The monoisotopic (exact) mass is 434 g/mol. The van der Waals surface area contributed by atoms with Crippen LogP contribution < -0.4 is 5.56 Å². The van der Waals surface area contributed by atoms with Crippen LogP contribution in [0.3, 0.4) is 0 Å². The van der Waals surface area contributed by atoms with E-state index in [1.807, 2.05) is 35.2 Å². The van der Waals surface area contributed by atoms with Crippen LogP contribution in [0.15, 0.2) is 35.1 Å². The van der Waals surface area contributed by atoms with Crippen LogP contribution in [0.5, 0.6) is 0 Å². The molecule has 1 aromatic carbocycles. The Balaban J connectivity index is 1.32. The molecular weight excluding hydrogens is 404 g/mol. The molecule has 32 heavy (non-hydrogen) atoms. The van der Waals surface area contributed by atoms with E-state index in [2.05, 4.69) is 15.3 Å². The summed E-state index contributed by atoms with van der Waals surface area (Å²) in [6, 6.07) is 9.93. The smallest absolute Gasteiger partial charge is 0.281 e. The van der Waals surface area contributed by atoms with Gasteiger partial charge in [-0.15, -0.1) is 5.10 Å². The van der Waals surface area contributed by atoms with Gasteiger partial charge in [-0.2, -0.15) is 0 Å². The molecule has 2 aliphatic rings. The lowest BCUT2D eigenvalue weighted by Gasteiger charge is -2.32. The molecule has 8 heteroatoms. The number of amides is 1. The Morgan fingerprint density at radius 2 is 1.91 bits per heavy atom. The molecule has 2 fully saturated rings. The first-order chi connectivity index (χ1) is 15.7. The average molecular weight is 435 g/mol. The van der Waals surface area contributed by atoms with Crippen molar-refractivity contribution in [3.8, 4) is 0 Å². The SMILES string of the molecule is O=C(CCC1CCCC1)N1CCC[C@@H](c2nc3c(nnn3Cc3ccccc3)c(=O)[nH]2)C1. The summed E-state index contributed by atoms with van der Waals surface area (Å²) in [5.74, 6) is 1.61. The standard InChI is InChI=1S/C24H30N6O2/c31-20(13-12-17-7-4-5-8-17)29-14-6-11-19(16-29)22-25-23-21(24(32)26-22)27-28-30(23)15-18-9-2-1-3-10-18/h1-3,9-10,17,19H,4-8,11-16H2,(H,25,26,32)/t19-/m1/s1. The number of rotatable bonds is 6. The molecule has 1 aliphatic carbocycles. The van der Waals surface area contributed by atoms with Crippen molar-refractivity contribution < 1.29 is 4.79 Å². The minimum atomic E-state index is -0.269. The van der Waals surface area contributed by atoms with Crippen molar-refractivity contribution in [2.24, 2.45) is 5.92 Å². The van der Waals surface area contributed by atoms with Gasteiger partial charge >= 0.3 is 0 Å². The number of aromatic amines is 1. The molecule has 1 saturated carbocycles. The Morgan fingerprint density at radius 3 is 2.72 bits per heavy atom. The molecular formula is C24H30N6O2. The first-order valence-corrected chi connectivity index (χ1v) is 11.8. The Hall–Kier alpha value is -3.03. The summed E-state index contributed by atoms with van der Waals surface area (Å²) >= 11 is 0. The number of H-pyrrole nitrogens is 1. The minimum absolute atomic E-state index is 0.0244. The largest absolute Gasteiger partial charge is 0.342 e. The molecule has 1 saturated heterocycles. The number of nitrogens with one attached hydrogen (secondary N) is 1. The topological polar surface area (TPSA) is 96.8 Å². The van der Waals surface area contributed by atoms with Gasteiger partial charge in [0.05, 0.1) is 6.54 Å². The molecule has 1 aliphatic heterocycles. The van der Waals surface area contributed by atoms with Crippen molar-refractivity contribution >= 4 is 17.1 Å². The zero-order valence-corrected chi connectivity index (χ0v) is 18.4. The molecule has 0 unspecified atom stereocenters. The van der Waals surface area contributed by atoms with Crippen LogP contribution in [0.25, 0.3) is 11.2 Å². The number of aromatic nitrogens is 5. The average Bonchev–Trinajstić information content (AvgIpc) is 3.49. The zero-order valence-electron chi connectivity index (χ0n) is 18.4. The maximum absolute atomic E-state index is 12.8. The maximum atomic E-state index is 12.8. The number of hydrogen-bond donors (Lipinski definition) is 1. The lowest BCUT2D eigenvalue weighted by Crippen LogP contribution is -2.40. The highest BCUT2D eigenvalue weighted by atomic mass is 16.2. The molecule has 8 nitrogen and oxygen atoms in total. The summed E-state index contributed by atoms with van der Waals surface area (Å²) in [6.45, 7) is 1.90. The highest BCUT2D eigenvalue weighted by Gasteiger charge is 2.28. The van der Waals surface area contributed by atoms with Gasteiger partial charge in [0.2, 0.25) is 5.91 Å². The van der Waals surface area contributed by atoms with E-state index in [1.54, 1.807) is 4.68 Å². The van der Waals surface area contributed by atoms with E-state index in [9.17, 15) is 9.59 Å². The minimum Gasteiger partial charge on any atom is -0.342 e. The van der Waals surface area contributed by atoms with Gasteiger partial charge < -0.3 is 9.88 Å². The van der Waals surface area contributed by atoms with Crippen LogP contribution in [0.1, 0.15) is 68.7 Å². The van der Waals surface area contributed by atoms with Crippen molar-refractivity contribution in [3.05, 3.63) is 52.1 Å². The molecule has 3 heterocycles. The third-order valence-corrected chi connectivity index (χ3v) is 6.97. The van der Waals surface area contributed by atoms with Gasteiger partial charge in [0, 0.05) is 25.4 Å². The third kappa shape index (κ3) is 4.45. The molecule has 5 rings (SSSR count). The number of carbonyl (C=O) groups is 1. The number of fused-ring (bicyclic) bond motifs is 1. The fraction of sp³-hybridized carbons (Fsp3) is 0.542. The van der Waals surface area contributed by atoms with Gasteiger partial charge in [0.1, 0.15) is 5.82 Å². The van der Waals surface area contributed by atoms with E-state index < -0.39 is 0 Å². The van der Waals surface area contributed by atoms with Gasteiger partial charge in [-0.1, -0.05) is 61.2 Å². The van der Waals surface area contributed by atoms with Crippen molar-refractivity contribution in [2.75, 3.05) is 13.1 Å². The van der Waals surface area contributed by atoms with Crippen LogP contribution in [0.2, 0.25) is 0 Å². The van der Waals surface area contributed by atoms with E-state index in [1.165, 1.54) is 25.7 Å². The molecule has 1 N–H and O–H groups in total. The van der Waals surface area contributed by atoms with Crippen LogP contribution in [-0.2, 0) is 11.3 Å². The Labute approximate surface area is 187 Å². The molecule has 168 valence electrons. The van der Waals surface area contributed by atoms with Gasteiger partial charge in [-0.05, 0) is 30.7 Å². The van der Waals surface area contributed by atoms with Crippen molar-refractivity contribution in [1.29, 1.82) is 0 Å². The number of likely N-dealkylation sites (tertiary alicyclic amines) is 1. The van der Waals surface area contributed by atoms with E-state index in [0.717, 1.165) is 37.3 Å². The predicted molar refractivity (Wildman–Crippen MR) is 121 cm³/mol. The fourth-order valence-corrected chi connectivity index (χ4v) is 5.15. The number of benzene rings is 1. The Kier molecular flexibility index (Phi) is 6.01. The predicted octanol–water partition coefficient (Wildman–Crippen LogP) is 3.24. The molecule has 3 aromatic rings. The third-order valence-electron chi connectivity index (χ3n) is 6.97. The first-order valence-electron chi connectivity index (χ1n) is 11.8. The van der Waals surface area contributed by atoms with Crippen molar-refractivity contribution in [1.82, 2.24) is 29.9 Å². The number of hydrogen-bond acceptors (Lipinski definition) is 5. The van der Waals surface area contributed by atoms with Gasteiger partial charge in [0.25, 0.3) is 5.56 Å². The Morgan fingerprint density at radius 1 is 1.09 bits per heavy atom. The summed E-state index contributed by atoms with van der Waals surface area (Å²) in [7, 11) is 0. The lowest BCUT2D eigenvalue weighted by molar-refractivity contribution is -0.132.